The molecule has 3 rings (SSSR count). The molecule has 7 heteroatoms. The van der Waals surface area contributed by atoms with Crippen molar-refractivity contribution in [1.82, 2.24) is 0 Å². The minimum absolute atomic E-state index is 0.0463. The van der Waals surface area contributed by atoms with E-state index in [1.807, 2.05) is 30.3 Å². The molecule has 0 saturated carbocycles. The molecule has 0 aliphatic heterocycles. The summed E-state index contributed by atoms with van der Waals surface area (Å²) < 4.78 is 55.2. The zero-order valence-corrected chi connectivity index (χ0v) is 15.7. The highest BCUT2D eigenvalue weighted by atomic mass is 35.5. The van der Waals surface area contributed by atoms with Crippen molar-refractivity contribution in [2.45, 2.75) is 11.3 Å². The largest absolute Gasteiger partial charge is 0.264 e. The Hall–Kier alpha value is -2.44. The number of rotatable bonds is 6. The highest BCUT2D eigenvalue weighted by Crippen LogP contribution is 2.28. The lowest BCUT2D eigenvalue weighted by molar-refractivity contribution is 0.580. The number of benzene rings is 3. The van der Waals surface area contributed by atoms with Crippen molar-refractivity contribution in [2.75, 3.05) is 10.8 Å². The van der Waals surface area contributed by atoms with Gasteiger partial charge in [0, 0.05) is 17.6 Å². The predicted octanol–water partition coefficient (Wildman–Crippen LogP) is 5.06. The van der Waals surface area contributed by atoms with Gasteiger partial charge in [0.15, 0.2) is 0 Å². The lowest BCUT2D eigenvalue weighted by atomic mass is 10.1. The maximum atomic E-state index is 14.4. The van der Waals surface area contributed by atoms with E-state index in [2.05, 4.69) is 0 Å². The number of hydrogen-bond acceptors (Lipinski definition) is 2. The van der Waals surface area contributed by atoms with Gasteiger partial charge < -0.3 is 0 Å². The monoisotopic (exact) mass is 407 g/mol. The normalized spacial score (nSPS) is 11.4. The quantitative estimate of drug-likeness (QED) is 0.573. The molecule has 0 radical (unpaired) electrons. The summed E-state index contributed by atoms with van der Waals surface area (Å²) in [6.45, 7) is -0.0463. The molecular formula is C20H16ClF2NO2S. The Morgan fingerprint density at radius 2 is 1.56 bits per heavy atom. The van der Waals surface area contributed by atoms with Gasteiger partial charge in [0.1, 0.15) is 11.6 Å². The van der Waals surface area contributed by atoms with Crippen LogP contribution < -0.4 is 4.31 Å². The molecule has 0 N–H and O–H groups in total. The van der Waals surface area contributed by atoms with Gasteiger partial charge in [-0.05, 0) is 48.4 Å². The average Bonchev–Trinajstić information content (AvgIpc) is 2.65. The number of halogens is 3. The van der Waals surface area contributed by atoms with E-state index >= 15 is 0 Å². The summed E-state index contributed by atoms with van der Waals surface area (Å²) in [4.78, 5) is -0.0522. The molecule has 3 aromatic rings. The first-order valence-corrected chi connectivity index (χ1v) is 9.97. The summed E-state index contributed by atoms with van der Waals surface area (Å²) in [5, 5.41) is 0.377. The van der Waals surface area contributed by atoms with E-state index in [4.69, 9.17) is 11.6 Å². The van der Waals surface area contributed by atoms with Crippen molar-refractivity contribution in [3.63, 3.8) is 0 Å². The Morgan fingerprint density at radius 1 is 0.889 bits per heavy atom. The van der Waals surface area contributed by atoms with Gasteiger partial charge in [-0.1, -0.05) is 41.9 Å². The summed E-state index contributed by atoms with van der Waals surface area (Å²) in [6, 6.07) is 17.5. The molecule has 0 aliphatic carbocycles. The molecule has 0 bridgehead atoms. The standard InChI is InChI=1S/C20H16ClF2NO2S/c21-16-6-9-18(10-7-16)27(25,26)24(13-12-15-4-2-1-3-5-15)20-14-17(22)8-11-19(20)23/h1-11,14H,12-13H2. The lowest BCUT2D eigenvalue weighted by Crippen LogP contribution is -2.33. The minimum atomic E-state index is -4.11. The fourth-order valence-electron chi connectivity index (χ4n) is 2.66. The molecule has 0 aliphatic rings. The smallest absolute Gasteiger partial charge is 0.263 e. The molecule has 0 unspecified atom stereocenters. The molecule has 0 heterocycles. The first kappa shape index (κ1) is 19.3. The Balaban J connectivity index is 2.03. The van der Waals surface area contributed by atoms with E-state index in [1.54, 1.807) is 0 Å². The lowest BCUT2D eigenvalue weighted by Gasteiger charge is -2.25. The van der Waals surface area contributed by atoms with Crippen LogP contribution in [0, 0.1) is 11.6 Å². The topological polar surface area (TPSA) is 37.4 Å². The molecule has 0 amide bonds. The van der Waals surface area contributed by atoms with Crippen molar-refractivity contribution in [1.29, 1.82) is 0 Å². The molecule has 27 heavy (non-hydrogen) atoms. The first-order valence-electron chi connectivity index (χ1n) is 8.15. The van der Waals surface area contributed by atoms with Gasteiger partial charge in [-0.3, -0.25) is 4.31 Å². The third-order valence-corrected chi connectivity index (χ3v) is 6.10. The Kier molecular flexibility index (Phi) is 5.77. The van der Waals surface area contributed by atoms with Gasteiger partial charge in [0.05, 0.1) is 10.6 Å². The van der Waals surface area contributed by atoms with Crippen LogP contribution >= 0.6 is 11.6 Å². The average molecular weight is 408 g/mol. The zero-order valence-electron chi connectivity index (χ0n) is 14.1. The van der Waals surface area contributed by atoms with E-state index in [1.165, 1.54) is 24.3 Å². The van der Waals surface area contributed by atoms with Crippen LogP contribution in [0.3, 0.4) is 0 Å². The van der Waals surface area contributed by atoms with E-state index in [-0.39, 0.29) is 17.1 Å². The molecule has 3 nitrogen and oxygen atoms in total. The van der Waals surface area contributed by atoms with Crippen LogP contribution in [0.15, 0.2) is 77.7 Å². The number of sulfonamides is 1. The maximum Gasteiger partial charge on any atom is 0.264 e. The van der Waals surface area contributed by atoms with Crippen LogP contribution in [-0.4, -0.2) is 15.0 Å². The second kappa shape index (κ2) is 8.06. The van der Waals surface area contributed by atoms with Gasteiger partial charge in [-0.25, -0.2) is 17.2 Å². The summed E-state index contributed by atoms with van der Waals surface area (Å²) in [5.74, 6) is -1.54. The maximum absolute atomic E-state index is 14.4. The summed E-state index contributed by atoms with van der Waals surface area (Å²) in [5.41, 5.74) is 0.548. The van der Waals surface area contributed by atoms with Gasteiger partial charge in [0.25, 0.3) is 10.0 Å². The van der Waals surface area contributed by atoms with E-state index in [0.29, 0.717) is 11.4 Å². The number of hydrogen-bond donors (Lipinski definition) is 0. The summed E-state index contributed by atoms with van der Waals surface area (Å²) in [6.07, 6.45) is 0.337. The highest BCUT2D eigenvalue weighted by Gasteiger charge is 2.27. The van der Waals surface area contributed by atoms with Crippen LogP contribution in [0.5, 0.6) is 0 Å². The van der Waals surface area contributed by atoms with E-state index < -0.39 is 21.7 Å². The Labute approximate surface area is 161 Å². The summed E-state index contributed by atoms with van der Waals surface area (Å²) in [7, 11) is -4.11. The number of anilines is 1. The van der Waals surface area contributed by atoms with Crippen molar-refractivity contribution in [2.24, 2.45) is 0 Å². The molecule has 140 valence electrons. The number of nitrogens with zero attached hydrogens (tertiary/aromatic N) is 1. The fraction of sp³-hybridized carbons (Fsp3) is 0.100. The molecule has 0 aromatic heterocycles. The fourth-order valence-corrected chi connectivity index (χ4v) is 4.25. The molecule has 0 saturated heterocycles. The van der Waals surface area contributed by atoms with Crippen molar-refractivity contribution in [3.05, 3.63) is 95.0 Å². The Bertz CT molecular complexity index is 1030. The van der Waals surface area contributed by atoms with Crippen LogP contribution in [0.2, 0.25) is 5.02 Å². The van der Waals surface area contributed by atoms with Gasteiger partial charge in [-0.15, -0.1) is 0 Å². The molecule has 0 atom stereocenters. The molecule has 0 fully saturated rings. The third kappa shape index (κ3) is 4.46. The second-order valence-corrected chi connectivity index (χ2v) is 8.16. The van der Waals surface area contributed by atoms with E-state index in [0.717, 1.165) is 28.1 Å². The van der Waals surface area contributed by atoms with Crippen molar-refractivity contribution in [3.8, 4) is 0 Å². The van der Waals surface area contributed by atoms with Crippen LogP contribution in [0.25, 0.3) is 0 Å². The first-order chi connectivity index (χ1) is 12.9. The van der Waals surface area contributed by atoms with Crippen LogP contribution in [-0.2, 0) is 16.4 Å². The van der Waals surface area contributed by atoms with Gasteiger partial charge >= 0.3 is 0 Å². The SMILES string of the molecule is O=S(=O)(c1ccc(Cl)cc1)N(CCc1ccccc1)c1cc(F)ccc1F. The second-order valence-electron chi connectivity index (χ2n) is 5.86. The molecule has 0 spiro atoms. The Morgan fingerprint density at radius 3 is 2.22 bits per heavy atom. The predicted molar refractivity (Wildman–Crippen MR) is 102 cm³/mol. The van der Waals surface area contributed by atoms with Gasteiger partial charge in [0.2, 0.25) is 0 Å². The van der Waals surface area contributed by atoms with Crippen LogP contribution in [0.4, 0.5) is 14.5 Å². The van der Waals surface area contributed by atoms with Crippen LogP contribution in [0.1, 0.15) is 5.56 Å². The third-order valence-electron chi connectivity index (χ3n) is 4.02. The van der Waals surface area contributed by atoms with Crippen molar-refractivity contribution >= 4 is 27.3 Å². The molecular weight excluding hydrogens is 392 g/mol. The summed E-state index contributed by atoms with van der Waals surface area (Å²) >= 11 is 5.83. The van der Waals surface area contributed by atoms with E-state index in [9.17, 15) is 17.2 Å². The van der Waals surface area contributed by atoms with Gasteiger partial charge in [-0.2, -0.15) is 0 Å². The zero-order chi connectivity index (χ0) is 19.4. The van der Waals surface area contributed by atoms with Crippen molar-refractivity contribution < 1.29 is 17.2 Å². The molecule has 3 aromatic carbocycles. The minimum Gasteiger partial charge on any atom is -0.263 e. The highest BCUT2D eigenvalue weighted by molar-refractivity contribution is 7.92.